The van der Waals surface area contributed by atoms with Gasteiger partial charge in [0, 0.05) is 4.75 Å². The molecule has 0 radical (unpaired) electrons. The minimum Gasteiger partial charge on any atom is -0.369 e. The molecule has 0 aliphatic heterocycles. The number of hydrazine groups is 1. The molecule has 0 aromatic rings. The third kappa shape index (κ3) is 4.92. The van der Waals surface area contributed by atoms with Crippen LogP contribution >= 0.6 is 11.8 Å². The van der Waals surface area contributed by atoms with E-state index in [0.717, 1.165) is 0 Å². The maximum atomic E-state index is 5.34. The Morgan fingerprint density at radius 1 is 1.64 bits per heavy atom. The van der Waals surface area contributed by atoms with E-state index in [9.17, 15) is 0 Å². The molecule has 0 atom stereocenters. The van der Waals surface area contributed by atoms with Crippen LogP contribution in [-0.4, -0.2) is 23.5 Å². The average Bonchev–Trinajstić information content (AvgIpc) is 2.00. The number of aliphatic imine (C=N–C) groups is 1. The molecule has 0 spiro atoms. The summed E-state index contributed by atoms with van der Waals surface area (Å²) in [5.41, 5.74) is 7.62. The molecule has 0 saturated heterocycles. The first-order chi connectivity index (χ1) is 5.02. The van der Waals surface area contributed by atoms with Gasteiger partial charge in [-0.1, -0.05) is 0 Å². The second-order valence-corrected chi connectivity index (χ2v) is 4.32. The Morgan fingerprint density at radius 2 is 2.18 bits per heavy atom. The van der Waals surface area contributed by atoms with E-state index in [1.165, 1.54) is 0 Å². The zero-order chi connectivity index (χ0) is 8.91. The van der Waals surface area contributed by atoms with Gasteiger partial charge in [0.15, 0.2) is 0 Å². The van der Waals surface area contributed by atoms with E-state index >= 15 is 0 Å². The molecule has 0 bridgehead atoms. The highest BCUT2D eigenvalue weighted by Gasteiger charge is 2.14. The molecule has 0 saturated carbocycles. The Hall–Kier alpha value is -0.420. The average molecular weight is 176 g/mol. The van der Waals surface area contributed by atoms with Crippen LogP contribution < -0.4 is 17.0 Å². The molecule has 0 aliphatic carbocycles. The summed E-state index contributed by atoms with van der Waals surface area (Å²) in [5, 5.41) is 0. The van der Waals surface area contributed by atoms with E-state index in [1.54, 1.807) is 11.8 Å². The zero-order valence-electron chi connectivity index (χ0n) is 7.22. The van der Waals surface area contributed by atoms with Crippen LogP contribution in [0.3, 0.4) is 0 Å². The topological polar surface area (TPSA) is 76.4 Å². The number of hydrogen-bond acceptors (Lipinski definition) is 3. The SMILES string of the molecule is CSC(C)(C)CN=C(N)NN. The molecule has 0 aliphatic rings. The van der Waals surface area contributed by atoms with Gasteiger partial charge < -0.3 is 5.73 Å². The number of nitrogens with zero attached hydrogens (tertiary/aromatic N) is 1. The highest BCUT2D eigenvalue weighted by Crippen LogP contribution is 2.20. The molecule has 0 amide bonds. The van der Waals surface area contributed by atoms with E-state index < -0.39 is 0 Å². The van der Waals surface area contributed by atoms with Crippen LogP contribution in [0.25, 0.3) is 0 Å². The van der Waals surface area contributed by atoms with Gasteiger partial charge in [0.05, 0.1) is 6.54 Å². The third-order valence-electron chi connectivity index (χ3n) is 1.33. The standard InChI is InChI=1S/C6H16N4S/c1-6(2,11-3)4-9-5(7)10-8/h4,8H2,1-3H3,(H3,7,9,10). The van der Waals surface area contributed by atoms with Crippen LogP contribution in [0.1, 0.15) is 13.8 Å². The molecular formula is C6H16N4S. The number of guanidine groups is 1. The van der Waals surface area contributed by atoms with Crippen molar-refractivity contribution in [3.05, 3.63) is 0 Å². The Bertz CT molecular complexity index is 144. The minimum atomic E-state index is 0.126. The molecule has 66 valence electrons. The van der Waals surface area contributed by atoms with Gasteiger partial charge >= 0.3 is 0 Å². The summed E-state index contributed by atoms with van der Waals surface area (Å²) in [6, 6.07) is 0. The lowest BCUT2D eigenvalue weighted by Gasteiger charge is -2.18. The monoisotopic (exact) mass is 176 g/mol. The van der Waals surface area contributed by atoms with Crippen molar-refractivity contribution in [1.29, 1.82) is 0 Å². The second kappa shape index (κ2) is 4.46. The highest BCUT2D eigenvalue weighted by molar-refractivity contribution is 7.99. The summed E-state index contributed by atoms with van der Waals surface area (Å²) in [5.74, 6) is 5.31. The van der Waals surface area contributed by atoms with E-state index in [4.69, 9.17) is 11.6 Å². The lowest BCUT2D eigenvalue weighted by molar-refractivity contribution is 0.721. The molecular weight excluding hydrogens is 160 g/mol. The van der Waals surface area contributed by atoms with Crippen molar-refractivity contribution in [3.8, 4) is 0 Å². The molecule has 11 heavy (non-hydrogen) atoms. The van der Waals surface area contributed by atoms with Gasteiger partial charge in [-0.25, -0.2) is 5.84 Å². The first-order valence-electron chi connectivity index (χ1n) is 3.33. The van der Waals surface area contributed by atoms with E-state index in [2.05, 4.69) is 24.3 Å². The van der Waals surface area contributed by atoms with E-state index in [-0.39, 0.29) is 10.7 Å². The second-order valence-electron chi connectivity index (χ2n) is 2.81. The van der Waals surface area contributed by atoms with Gasteiger partial charge in [-0.2, -0.15) is 11.8 Å². The summed E-state index contributed by atoms with van der Waals surface area (Å²) < 4.78 is 0.126. The summed E-state index contributed by atoms with van der Waals surface area (Å²) >= 11 is 1.75. The molecule has 5 heteroatoms. The number of rotatable bonds is 3. The number of thioether (sulfide) groups is 1. The molecule has 0 rings (SSSR count). The molecule has 0 unspecified atom stereocenters. The first-order valence-corrected chi connectivity index (χ1v) is 4.56. The highest BCUT2D eigenvalue weighted by atomic mass is 32.2. The minimum absolute atomic E-state index is 0.126. The maximum Gasteiger partial charge on any atom is 0.203 e. The molecule has 0 aromatic carbocycles. The van der Waals surface area contributed by atoms with E-state index in [0.29, 0.717) is 6.54 Å². The summed E-state index contributed by atoms with van der Waals surface area (Å²) in [6.07, 6.45) is 2.04. The quantitative estimate of drug-likeness (QED) is 0.243. The first kappa shape index (κ1) is 10.6. The van der Waals surface area contributed by atoms with Crippen molar-refractivity contribution in [2.75, 3.05) is 12.8 Å². The molecule has 0 aromatic heterocycles. The van der Waals surface area contributed by atoms with Crippen molar-refractivity contribution in [2.45, 2.75) is 18.6 Å². The Labute approximate surface area is 71.8 Å². The fourth-order valence-electron chi connectivity index (χ4n) is 0.386. The normalized spacial score (nSPS) is 13.3. The largest absolute Gasteiger partial charge is 0.369 e. The molecule has 0 heterocycles. The Balaban J connectivity index is 3.86. The van der Waals surface area contributed by atoms with Gasteiger partial charge in [0.1, 0.15) is 0 Å². The number of hydrogen-bond donors (Lipinski definition) is 3. The van der Waals surface area contributed by atoms with Crippen LogP contribution in [0.4, 0.5) is 0 Å². The van der Waals surface area contributed by atoms with Crippen LogP contribution in [0.5, 0.6) is 0 Å². The van der Waals surface area contributed by atoms with Crippen molar-refractivity contribution >= 4 is 17.7 Å². The van der Waals surface area contributed by atoms with Crippen LogP contribution in [0, 0.1) is 0 Å². The molecule has 5 N–H and O–H groups in total. The summed E-state index contributed by atoms with van der Waals surface area (Å²) in [4.78, 5) is 4.02. The lowest BCUT2D eigenvalue weighted by atomic mass is 10.2. The van der Waals surface area contributed by atoms with Crippen molar-refractivity contribution < 1.29 is 0 Å². The van der Waals surface area contributed by atoms with Gasteiger partial charge in [0.2, 0.25) is 5.96 Å². The lowest BCUT2D eigenvalue weighted by Crippen LogP contribution is -2.38. The summed E-state index contributed by atoms with van der Waals surface area (Å²) in [7, 11) is 0. The fourth-order valence-corrected chi connectivity index (χ4v) is 0.579. The Kier molecular flexibility index (Phi) is 4.29. The predicted molar refractivity (Wildman–Crippen MR) is 51.4 cm³/mol. The van der Waals surface area contributed by atoms with Crippen LogP contribution in [0.15, 0.2) is 4.99 Å². The molecule has 4 nitrogen and oxygen atoms in total. The number of nitrogens with one attached hydrogen (secondary N) is 1. The predicted octanol–water partition coefficient (Wildman–Crippen LogP) is -0.0940. The van der Waals surface area contributed by atoms with E-state index in [1.807, 2.05) is 6.26 Å². The van der Waals surface area contributed by atoms with Crippen LogP contribution in [-0.2, 0) is 0 Å². The van der Waals surface area contributed by atoms with Crippen molar-refractivity contribution in [2.24, 2.45) is 16.6 Å². The van der Waals surface area contributed by atoms with Gasteiger partial charge in [-0.05, 0) is 20.1 Å². The zero-order valence-corrected chi connectivity index (χ0v) is 8.03. The summed E-state index contributed by atoms with van der Waals surface area (Å²) in [6.45, 7) is 4.88. The maximum absolute atomic E-state index is 5.34. The fraction of sp³-hybridized carbons (Fsp3) is 0.833. The van der Waals surface area contributed by atoms with Crippen molar-refractivity contribution in [3.63, 3.8) is 0 Å². The van der Waals surface area contributed by atoms with Gasteiger partial charge in [-0.3, -0.25) is 10.4 Å². The van der Waals surface area contributed by atoms with Gasteiger partial charge in [0.25, 0.3) is 0 Å². The molecule has 0 fully saturated rings. The Morgan fingerprint density at radius 3 is 2.55 bits per heavy atom. The third-order valence-corrected chi connectivity index (χ3v) is 2.56. The van der Waals surface area contributed by atoms with Crippen molar-refractivity contribution in [1.82, 2.24) is 5.43 Å². The van der Waals surface area contributed by atoms with Gasteiger partial charge in [-0.15, -0.1) is 0 Å². The number of nitrogens with two attached hydrogens (primary N) is 2. The van der Waals surface area contributed by atoms with Crippen LogP contribution in [0.2, 0.25) is 0 Å². The smallest absolute Gasteiger partial charge is 0.203 e.